The predicted octanol–water partition coefficient (Wildman–Crippen LogP) is -1.01. The van der Waals surface area contributed by atoms with Gasteiger partial charge >= 0.3 is 26.2 Å². The summed E-state index contributed by atoms with van der Waals surface area (Å²) < 4.78 is 0. The van der Waals surface area contributed by atoms with E-state index in [1.165, 1.54) is 0 Å². The summed E-state index contributed by atoms with van der Waals surface area (Å²) in [6.07, 6.45) is 0. The molecule has 0 aromatic carbocycles. The van der Waals surface area contributed by atoms with Gasteiger partial charge in [0.1, 0.15) is 0 Å². The van der Waals surface area contributed by atoms with Gasteiger partial charge in [0.15, 0.2) is 0 Å². The molecule has 0 atom stereocenters. The fraction of sp³-hybridized carbons (Fsp3) is 0. The normalized spacial score (nSPS) is 2.00. The standard InChI is InChI=1S/CHNSe.Sb/c2-1-3;/h3H;. The zero-order chi connectivity index (χ0) is 2.71. The van der Waals surface area contributed by atoms with E-state index >= 15 is 0 Å². The molecule has 0 saturated carbocycles. The van der Waals surface area contributed by atoms with Crippen LogP contribution in [0, 0.1) is 10.2 Å². The minimum Gasteiger partial charge on any atom is 0 e. The molecule has 3 heteroatoms. The van der Waals surface area contributed by atoms with Crippen molar-refractivity contribution in [2.24, 2.45) is 0 Å². The summed E-state index contributed by atoms with van der Waals surface area (Å²) in [5.41, 5.74) is 0. The second-order valence-corrected chi connectivity index (χ2v) is 0.520. The summed E-state index contributed by atoms with van der Waals surface area (Å²) in [4.78, 5) is 1.69. The van der Waals surface area contributed by atoms with Crippen LogP contribution in [-0.2, 0) is 0 Å². The van der Waals surface area contributed by atoms with Crippen LogP contribution in [0.2, 0.25) is 0 Å². The molecule has 21 valence electrons. The van der Waals surface area contributed by atoms with Gasteiger partial charge in [-0.1, -0.05) is 0 Å². The van der Waals surface area contributed by atoms with E-state index in [-0.39, 0.29) is 24.4 Å². The number of hydrogen-bond donors (Lipinski definition) is 0. The Bertz CT molecular complexity index is 29.5. The van der Waals surface area contributed by atoms with Gasteiger partial charge in [-0.2, -0.15) is 0 Å². The molecule has 0 bridgehead atoms. The van der Waals surface area contributed by atoms with Crippen LogP contribution in [0.1, 0.15) is 0 Å². The van der Waals surface area contributed by atoms with E-state index < -0.39 is 0 Å². The maximum atomic E-state index is 7.29. The summed E-state index contributed by atoms with van der Waals surface area (Å²) in [6.45, 7) is 0. The Morgan fingerprint density at radius 2 is 1.75 bits per heavy atom. The second kappa shape index (κ2) is 9.16. The van der Waals surface area contributed by atoms with Gasteiger partial charge in [-0.25, -0.2) is 0 Å². The van der Waals surface area contributed by atoms with Gasteiger partial charge < -0.3 is 0 Å². The number of rotatable bonds is 0. The molecule has 0 fully saturated rings. The monoisotopic (exact) mass is 228 g/mol. The first kappa shape index (κ1) is 8.85. The van der Waals surface area contributed by atoms with Crippen LogP contribution < -0.4 is 0 Å². The Morgan fingerprint density at radius 3 is 1.75 bits per heavy atom. The molecule has 0 saturated heterocycles. The first-order valence-electron chi connectivity index (χ1n) is 0.447. The number of nitrogens with zero attached hydrogens (tertiary/aromatic N) is 1. The van der Waals surface area contributed by atoms with E-state index in [1.807, 2.05) is 0 Å². The van der Waals surface area contributed by atoms with Crippen LogP contribution in [0.25, 0.3) is 0 Å². The quantitative estimate of drug-likeness (QED) is 0.487. The van der Waals surface area contributed by atoms with Crippen molar-refractivity contribution in [2.75, 3.05) is 0 Å². The van der Waals surface area contributed by atoms with Crippen molar-refractivity contribution in [1.29, 1.82) is 5.26 Å². The van der Waals surface area contributed by atoms with Crippen molar-refractivity contribution in [3.8, 4) is 4.97 Å². The molecule has 0 aliphatic rings. The Balaban J connectivity index is 0. The summed E-state index contributed by atoms with van der Waals surface area (Å²) in [7, 11) is 0. The van der Waals surface area contributed by atoms with Gasteiger partial charge in [-0.3, -0.25) is 0 Å². The fourth-order valence-electron chi connectivity index (χ4n) is 0. The zero-order valence-electron chi connectivity index (χ0n) is 1.84. The Morgan fingerprint density at radius 1 is 1.75 bits per heavy atom. The van der Waals surface area contributed by atoms with Crippen molar-refractivity contribution in [2.45, 2.75) is 0 Å². The molecule has 0 aromatic heterocycles. The largest absolute Gasteiger partial charge is 0 e. The van der Waals surface area contributed by atoms with Gasteiger partial charge in [-0.15, -0.1) is 0 Å². The van der Waals surface area contributed by atoms with Crippen molar-refractivity contribution in [3.05, 3.63) is 0 Å². The molecule has 0 aliphatic carbocycles. The average Bonchev–Trinajstić information content (AvgIpc) is 0.918. The Hall–Kier alpha value is 0.828. The van der Waals surface area contributed by atoms with E-state index in [1.54, 1.807) is 21.0 Å². The van der Waals surface area contributed by atoms with E-state index in [4.69, 9.17) is 5.26 Å². The van der Waals surface area contributed by atoms with E-state index in [9.17, 15) is 0 Å². The molecule has 0 aliphatic heterocycles. The summed E-state index contributed by atoms with van der Waals surface area (Å²) >= 11 is 1.77. The molecule has 0 N–H and O–H groups in total. The third-order valence-corrected chi connectivity index (χ3v) is 0. The van der Waals surface area contributed by atoms with Crippen LogP contribution in [0.4, 0.5) is 0 Å². The van der Waals surface area contributed by atoms with Gasteiger partial charge in [0, 0.05) is 24.4 Å². The van der Waals surface area contributed by atoms with Crippen LogP contribution in [0.5, 0.6) is 0 Å². The van der Waals surface area contributed by atoms with Crippen molar-refractivity contribution in [3.63, 3.8) is 0 Å². The maximum absolute atomic E-state index is 7.29. The molecular weight excluding hydrogens is 227 g/mol. The van der Waals surface area contributed by atoms with Gasteiger partial charge in [0.05, 0.1) is 0 Å². The van der Waals surface area contributed by atoms with E-state index in [0.29, 0.717) is 0 Å². The summed E-state index contributed by atoms with van der Waals surface area (Å²) in [6, 6.07) is 0. The second-order valence-electron chi connectivity index (χ2n) is 0.100. The first-order chi connectivity index (χ1) is 1.41. The van der Waals surface area contributed by atoms with E-state index in [2.05, 4.69) is 0 Å². The molecule has 0 rings (SSSR count). The maximum Gasteiger partial charge on any atom is 0 e. The van der Waals surface area contributed by atoms with Crippen LogP contribution in [0.15, 0.2) is 0 Å². The molecule has 4 heavy (non-hydrogen) atoms. The smallest absolute Gasteiger partial charge is 0 e. The van der Waals surface area contributed by atoms with Crippen LogP contribution in [0.3, 0.4) is 0 Å². The first-order valence-corrected chi connectivity index (χ1v) is 1.39. The number of hydrogen-bond acceptors (Lipinski definition) is 1. The van der Waals surface area contributed by atoms with Gasteiger partial charge in [0.25, 0.3) is 0 Å². The predicted molar refractivity (Wildman–Crippen MR) is 18.5 cm³/mol. The molecule has 0 unspecified atom stereocenters. The van der Waals surface area contributed by atoms with Crippen molar-refractivity contribution < 1.29 is 0 Å². The van der Waals surface area contributed by atoms with Crippen LogP contribution >= 0.6 is 0 Å². The topological polar surface area (TPSA) is 23.8 Å². The summed E-state index contributed by atoms with van der Waals surface area (Å²) in [5.74, 6) is 0. The molecule has 3 radical (unpaired) electrons. The molecule has 0 amide bonds. The minimum atomic E-state index is 0. The molecule has 0 spiro atoms. The van der Waals surface area contributed by atoms with Gasteiger partial charge in [0.2, 0.25) is 0 Å². The summed E-state index contributed by atoms with van der Waals surface area (Å²) in [5, 5.41) is 7.29. The third-order valence-electron chi connectivity index (χ3n) is 0. The number of nitriles is 1. The molecule has 0 heterocycles. The average molecular weight is 228 g/mol. The Kier molecular flexibility index (Phi) is 20.3. The minimum absolute atomic E-state index is 0. The SMILES string of the molecule is N#C[SeH].[Sb]. The third kappa shape index (κ3) is 13.8. The fourth-order valence-corrected chi connectivity index (χ4v) is 0. The van der Waals surface area contributed by atoms with Crippen molar-refractivity contribution >= 4 is 40.4 Å². The molecular formula is CHNSbSe. The van der Waals surface area contributed by atoms with Crippen molar-refractivity contribution in [1.82, 2.24) is 0 Å². The van der Waals surface area contributed by atoms with Crippen LogP contribution in [-0.4, -0.2) is 40.4 Å². The van der Waals surface area contributed by atoms with E-state index in [0.717, 1.165) is 0 Å². The Labute approximate surface area is 50.6 Å². The zero-order valence-corrected chi connectivity index (χ0v) is 6.27. The van der Waals surface area contributed by atoms with Gasteiger partial charge in [-0.05, 0) is 0 Å². The molecule has 1 nitrogen and oxygen atoms in total. The molecule has 0 aromatic rings.